The van der Waals surface area contributed by atoms with Crippen LogP contribution in [0.25, 0.3) is 11.0 Å². The number of rotatable bonds is 5. The molecule has 170 valence electrons. The van der Waals surface area contributed by atoms with Crippen molar-refractivity contribution in [2.75, 3.05) is 26.2 Å². The monoisotopic (exact) mass is 446 g/mol. The lowest BCUT2D eigenvalue weighted by atomic mass is 10.1. The number of aromatic amines is 1. The van der Waals surface area contributed by atoms with Gasteiger partial charge in [0.05, 0.1) is 22.6 Å². The average Bonchev–Trinajstić information content (AvgIpc) is 3.07. The molecular formula is C24H26N6O3. The van der Waals surface area contributed by atoms with Gasteiger partial charge < -0.3 is 4.90 Å². The van der Waals surface area contributed by atoms with Crippen LogP contribution >= 0.6 is 0 Å². The Morgan fingerprint density at radius 2 is 1.94 bits per heavy atom. The van der Waals surface area contributed by atoms with Crippen molar-refractivity contribution in [2.45, 2.75) is 32.9 Å². The number of nitrogens with one attached hydrogen (secondary N) is 1. The van der Waals surface area contributed by atoms with Gasteiger partial charge in [0.2, 0.25) is 0 Å². The summed E-state index contributed by atoms with van der Waals surface area (Å²) in [6, 6.07) is 11.2. The molecule has 0 bridgehead atoms. The molecular weight excluding hydrogens is 420 g/mol. The van der Waals surface area contributed by atoms with Crippen molar-refractivity contribution >= 4 is 16.9 Å². The van der Waals surface area contributed by atoms with Crippen molar-refractivity contribution < 1.29 is 4.79 Å². The van der Waals surface area contributed by atoms with Gasteiger partial charge in [-0.1, -0.05) is 19.1 Å². The van der Waals surface area contributed by atoms with Gasteiger partial charge in [0.1, 0.15) is 5.65 Å². The Hall–Kier alpha value is -3.77. The van der Waals surface area contributed by atoms with E-state index in [2.05, 4.69) is 20.9 Å². The molecule has 1 aromatic carbocycles. The van der Waals surface area contributed by atoms with Crippen molar-refractivity contribution in [3.05, 3.63) is 74.1 Å². The van der Waals surface area contributed by atoms with E-state index in [1.54, 1.807) is 4.90 Å². The van der Waals surface area contributed by atoms with E-state index in [1.165, 1.54) is 16.8 Å². The zero-order chi connectivity index (χ0) is 23.4. The van der Waals surface area contributed by atoms with Gasteiger partial charge in [0.15, 0.2) is 0 Å². The Balaban J connectivity index is 1.49. The third-order valence-electron chi connectivity index (χ3n) is 5.89. The van der Waals surface area contributed by atoms with Crippen LogP contribution in [-0.2, 0) is 13.1 Å². The highest BCUT2D eigenvalue weighted by Crippen LogP contribution is 2.14. The highest BCUT2D eigenvalue weighted by atomic mass is 16.2. The first-order valence-electron chi connectivity index (χ1n) is 11.1. The molecule has 1 aliphatic heterocycles. The fourth-order valence-electron chi connectivity index (χ4n) is 4.17. The van der Waals surface area contributed by atoms with E-state index < -0.39 is 11.2 Å². The Bertz CT molecular complexity index is 1320. The molecule has 9 heteroatoms. The lowest BCUT2D eigenvalue weighted by molar-refractivity contribution is 0.0761. The molecule has 33 heavy (non-hydrogen) atoms. The summed E-state index contributed by atoms with van der Waals surface area (Å²) in [7, 11) is 0. The second-order valence-corrected chi connectivity index (χ2v) is 8.24. The molecule has 0 aliphatic carbocycles. The van der Waals surface area contributed by atoms with Crippen LogP contribution < -0.4 is 11.2 Å². The molecule has 2 aromatic heterocycles. The van der Waals surface area contributed by atoms with E-state index in [9.17, 15) is 14.4 Å². The van der Waals surface area contributed by atoms with Crippen molar-refractivity contribution in [2.24, 2.45) is 0 Å². The van der Waals surface area contributed by atoms with Gasteiger partial charge in [-0.25, -0.2) is 9.78 Å². The van der Waals surface area contributed by atoms with Gasteiger partial charge >= 0.3 is 5.69 Å². The summed E-state index contributed by atoms with van der Waals surface area (Å²) < 4.78 is 1.43. The summed E-state index contributed by atoms with van der Waals surface area (Å²) in [6.45, 7) is 5.91. The summed E-state index contributed by atoms with van der Waals surface area (Å²) in [5.74, 6) is -0.169. The Morgan fingerprint density at radius 1 is 1.15 bits per heavy atom. The quantitative estimate of drug-likeness (QED) is 0.638. The summed E-state index contributed by atoms with van der Waals surface area (Å²) in [5, 5.41) is 9.19. The number of pyridine rings is 1. The van der Waals surface area contributed by atoms with Gasteiger partial charge in [0, 0.05) is 45.5 Å². The van der Waals surface area contributed by atoms with Crippen LogP contribution in [0, 0.1) is 11.3 Å². The first-order valence-corrected chi connectivity index (χ1v) is 11.1. The van der Waals surface area contributed by atoms with Crippen molar-refractivity contribution in [1.29, 1.82) is 5.26 Å². The SMILES string of the molecule is CCCn1c(=O)[nH]c(=O)c2cc(C(=O)N3CCCN(Cc4ccc(C#N)cc4)CC3)cnc21. The minimum Gasteiger partial charge on any atom is -0.337 e. The number of fused-ring (bicyclic) bond motifs is 1. The number of nitriles is 1. The predicted octanol–water partition coefficient (Wildman–Crippen LogP) is 1.71. The summed E-state index contributed by atoms with van der Waals surface area (Å²) in [5.41, 5.74) is 1.39. The van der Waals surface area contributed by atoms with Crippen LogP contribution in [0.2, 0.25) is 0 Å². The first-order chi connectivity index (χ1) is 16.0. The minimum absolute atomic E-state index is 0.169. The molecule has 0 radical (unpaired) electrons. The number of carbonyl (C=O) groups excluding carboxylic acids is 1. The van der Waals surface area contributed by atoms with E-state index in [0.717, 1.165) is 38.0 Å². The van der Waals surface area contributed by atoms with Crippen LogP contribution in [0.4, 0.5) is 0 Å². The van der Waals surface area contributed by atoms with E-state index >= 15 is 0 Å². The zero-order valence-electron chi connectivity index (χ0n) is 18.6. The molecule has 3 heterocycles. The molecule has 1 saturated heterocycles. The van der Waals surface area contributed by atoms with Crippen molar-refractivity contribution in [1.82, 2.24) is 24.3 Å². The largest absolute Gasteiger partial charge is 0.337 e. The van der Waals surface area contributed by atoms with Gasteiger partial charge in [-0.05, 0) is 36.6 Å². The Kier molecular flexibility index (Phi) is 6.66. The van der Waals surface area contributed by atoms with E-state index in [0.29, 0.717) is 36.4 Å². The molecule has 0 atom stereocenters. The highest BCUT2D eigenvalue weighted by molar-refractivity contribution is 5.96. The highest BCUT2D eigenvalue weighted by Gasteiger charge is 2.22. The third-order valence-corrected chi connectivity index (χ3v) is 5.89. The summed E-state index contributed by atoms with van der Waals surface area (Å²) in [6.07, 6.45) is 3.00. The molecule has 3 aromatic rings. The van der Waals surface area contributed by atoms with Crippen molar-refractivity contribution in [3.8, 4) is 6.07 Å². The van der Waals surface area contributed by atoms with Crippen molar-refractivity contribution in [3.63, 3.8) is 0 Å². The number of hydrogen-bond acceptors (Lipinski definition) is 6. The summed E-state index contributed by atoms with van der Waals surface area (Å²) >= 11 is 0. The maximum Gasteiger partial charge on any atom is 0.329 e. The molecule has 0 unspecified atom stereocenters. The molecule has 9 nitrogen and oxygen atoms in total. The molecule has 4 rings (SSSR count). The molecule has 0 spiro atoms. The lowest BCUT2D eigenvalue weighted by Crippen LogP contribution is -2.35. The number of amides is 1. The van der Waals surface area contributed by atoms with Gasteiger partial charge in [-0.3, -0.25) is 24.0 Å². The minimum atomic E-state index is -0.533. The van der Waals surface area contributed by atoms with Crippen LogP contribution in [0.3, 0.4) is 0 Å². The Labute approximate surface area is 190 Å². The van der Waals surface area contributed by atoms with Crippen LogP contribution in [0.5, 0.6) is 0 Å². The zero-order valence-corrected chi connectivity index (χ0v) is 18.6. The van der Waals surface area contributed by atoms with Crippen LogP contribution in [0.1, 0.15) is 41.3 Å². The van der Waals surface area contributed by atoms with Crippen LogP contribution in [-0.4, -0.2) is 56.4 Å². The molecule has 0 saturated carbocycles. The van der Waals surface area contributed by atoms with Gasteiger partial charge in [-0.2, -0.15) is 5.26 Å². The number of aryl methyl sites for hydroxylation is 1. The Morgan fingerprint density at radius 3 is 2.67 bits per heavy atom. The number of nitrogens with zero attached hydrogens (tertiary/aromatic N) is 5. The second-order valence-electron chi connectivity index (χ2n) is 8.24. The average molecular weight is 447 g/mol. The summed E-state index contributed by atoms with van der Waals surface area (Å²) in [4.78, 5) is 48.4. The lowest BCUT2D eigenvalue weighted by Gasteiger charge is -2.22. The van der Waals surface area contributed by atoms with Gasteiger partial charge in [0.25, 0.3) is 11.5 Å². The standard InChI is InChI=1S/C24H26N6O3/c1-2-8-30-21-20(22(31)27-24(30)33)13-19(15-26-21)23(32)29-10-3-9-28(11-12-29)16-18-6-4-17(14-25)5-7-18/h4-7,13,15H,2-3,8-12,16H2,1H3,(H,27,31,33). The fraction of sp³-hybridized carbons (Fsp3) is 0.375. The maximum atomic E-state index is 13.2. The number of H-pyrrole nitrogens is 1. The van der Waals surface area contributed by atoms with Crippen LogP contribution in [0.15, 0.2) is 46.1 Å². The normalized spacial score (nSPS) is 14.7. The van der Waals surface area contributed by atoms with E-state index in [-0.39, 0.29) is 11.3 Å². The molecule has 1 N–H and O–H groups in total. The number of aromatic nitrogens is 3. The first kappa shape index (κ1) is 22.4. The van der Waals surface area contributed by atoms with Gasteiger partial charge in [-0.15, -0.1) is 0 Å². The predicted molar refractivity (Wildman–Crippen MR) is 124 cm³/mol. The molecule has 1 fully saturated rings. The number of benzene rings is 1. The smallest absolute Gasteiger partial charge is 0.329 e. The number of carbonyl (C=O) groups is 1. The van der Waals surface area contributed by atoms with E-state index in [4.69, 9.17) is 5.26 Å². The maximum absolute atomic E-state index is 13.2. The fourth-order valence-corrected chi connectivity index (χ4v) is 4.17. The third kappa shape index (κ3) is 4.86. The molecule has 1 aliphatic rings. The van der Waals surface area contributed by atoms with E-state index in [1.807, 2.05) is 31.2 Å². The molecule has 1 amide bonds. The number of hydrogen-bond donors (Lipinski definition) is 1. The topological polar surface area (TPSA) is 115 Å². The second kappa shape index (κ2) is 9.79.